The first kappa shape index (κ1) is 28.6. The molecule has 0 bridgehead atoms. The third-order valence-electron chi connectivity index (χ3n) is 10.3. The van der Waals surface area contributed by atoms with Crippen molar-refractivity contribution < 1.29 is 4.42 Å². The molecule has 0 aliphatic heterocycles. The maximum Gasteiger partial charge on any atom is 0.136 e. The molecule has 0 N–H and O–H groups in total. The summed E-state index contributed by atoms with van der Waals surface area (Å²) < 4.78 is 6.59. The van der Waals surface area contributed by atoms with Gasteiger partial charge in [-0.3, -0.25) is 0 Å². The molecule has 1 aromatic heterocycles. The zero-order chi connectivity index (χ0) is 33.0. The highest BCUT2D eigenvalue weighted by molar-refractivity contribution is 6.23. The molecule has 9 aromatic carbocycles. The molecule has 1 nitrogen and oxygen atoms in total. The fourth-order valence-corrected chi connectivity index (χ4v) is 8.05. The van der Waals surface area contributed by atoms with Crippen molar-refractivity contribution >= 4 is 54.3 Å². The van der Waals surface area contributed by atoms with Crippen LogP contribution in [0.3, 0.4) is 0 Å². The summed E-state index contributed by atoms with van der Waals surface area (Å²) in [7, 11) is 0. The number of hydrogen-bond acceptors (Lipinski definition) is 1. The molecule has 0 spiro atoms. The fraction of sp³-hybridized carbons (Fsp3) is 0.0204. The van der Waals surface area contributed by atoms with Crippen LogP contribution in [0.5, 0.6) is 0 Å². The molecule has 234 valence electrons. The van der Waals surface area contributed by atoms with Gasteiger partial charge in [0.15, 0.2) is 0 Å². The molecule has 50 heavy (non-hydrogen) atoms. The standard InChI is InChI=1S/C49H32O/c1-2-14-32(15-3-1)37-30-45(49-43-24-12-13-25-46(43)50-47(49)31-37)48-41-22-10-8-20-39(41)44(40-21-9-11-23-42(40)48)29-35-18-6-7-19-38(35)36-27-26-33-16-4-5-17-34(33)28-36/h1-28,30-31H,29H2. The third-order valence-corrected chi connectivity index (χ3v) is 10.3. The summed E-state index contributed by atoms with van der Waals surface area (Å²) in [5.74, 6) is 0. The SMILES string of the molecule is c1ccc(-c2cc(-c3c4ccccc4c(Cc4ccccc4-c4ccc5ccccc5c4)c4ccccc34)c3c(c2)oc2ccccc23)cc1. The van der Waals surface area contributed by atoms with Crippen LogP contribution in [-0.4, -0.2) is 0 Å². The van der Waals surface area contributed by atoms with Crippen molar-refractivity contribution in [2.45, 2.75) is 6.42 Å². The maximum absolute atomic E-state index is 6.59. The topological polar surface area (TPSA) is 13.1 Å². The average Bonchev–Trinajstić information content (AvgIpc) is 3.57. The highest BCUT2D eigenvalue weighted by atomic mass is 16.3. The Hall–Kier alpha value is -6.44. The predicted octanol–water partition coefficient (Wildman–Crippen LogP) is 13.6. The van der Waals surface area contributed by atoms with Gasteiger partial charge in [-0.15, -0.1) is 0 Å². The van der Waals surface area contributed by atoms with Gasteiger partial charge in [0.2, 0.25) is 0 Å². The Morgan fingerprint density at radius 1 is 0.360 bits per heavy atom. The van der Waals surface area contributed by atoms with Crippen LogP contribution >= 0.6 is 0 Å². The molecule has 0 saturated heterocycles. The minimum atomic E-state index is 0.818. The van der Waals surface area contributed by atoms with E-state index in [1.54, 1.807) is 0 Å². The molecule has 0 saturated carbocycles. The lowest BCUT2D eigenvalue weighted by Crippen LogP contribution is -1.97. The van der Waals surface area contributed by atoms with Crippen molar-refractivity contribution in [3.05, 3.63) is 193 Å². The van der Waals surface area contributed by atoms with Gasteiger partial charge in [-0.25, -0.2) is 0 Å². The third kappa shape index (κ3) is 4.63. The van der Waals surface area contributed by atoms with Crippen LogP contribution in [0, 0.1) is 0 Å². The molecule has 0 unspecified atom stereocenters. The molecule has 10 aromatic rings. The Balaban J connectivity index is 1.24. The maximum atomic E-state index is 6.59. The lowest BCUT2D eigenvalue weighted by Gasteiger charge is -2.20. The highest BCUT2D eigenvalue weighted by Crippen LogP contribution is 2.46. The van der Waals surface area contributed by atoms with Gasteiger partial charge in [0, 0.05) is 10.8 Å². The van der Waals surface area contributed by atoms with E-state index in [1.165, 1.54) is 71.3 Å². The molecular formula is C49H32O. The number of fused-ring (bicyclic) bond motifs is 6. The normalized spacial score (nSPS) is 11.7. The summed E-state index contributed by atoms with van der Waals surface area (Å²) >= 11 is 0. The van der Waals surface area contributed by atoms with Gasteiger partial charge in [-0.05, 0) is 108 Å². The van der Waals surface area contributed by atoms with Crippen molar-refractivity contribution in [1.82, 2.24) is 0 Å². The second kappa shape index (κ2) is 11.6. The molecule has 1 heteroatoms. The van der Waals surface area contributed by atoms with Crippen LogP contribution < -0.4 is 0 Å². The minimum absolute atomic E-state index is 0.818. The second-order valence-electron chi connectivity index (χ2n) is 13.2. The van der Waals surface area contributed by atoms with Gasteiger partial charge in [-0.1, -0.05) is 158 Å². The average molecular weight is 637 g/mol. The summed E-state index contributed by atoms with van der Waals surface area (Å²) in [5.41, 5.74) is 11.8. The van der Waals surface area contributed by atoms with Crippen molar-refractivity contribution in [3.8, 4) is 33.4 Å². The minimum Gasteiger partial charge on any atom is -0.456 e. The molecule has 10 rings (SSSR count). The Kier molecular flexibility index (Phi) is 6.63. The van der Waals surface area contributed by atoms with Gasteiger partial charge in [0.25, 0.3) is 0 Å². The molecule has 0 aliphatic rings. The summed E-state index contributed by atoms with van der Waals surface area (Å²) in [5, 5.41) is 9.88. The van der Waals surface area contributed by atoms with Crippen LogP contribution in [0.4, 0.5) is 0 Å². The first-order chi connectivity index (χ1) is 24.8. The lowest BCUT2D eigenvalue weighted by atomic mass is 9.83. The summed E-state index contributed by atoms with van der Waals surface area (Å²) in [4.78, 5) is 0. The zero-order valence-electron chi connectivity index (χ0n) is 27.4. The summed E-state index contributed by atoms with van der Waals surface area (Å²) in [6.07, 6.45) is 0.818. The van der Waals surface area contributed by atoms with Gasteiger partial charge in [-0.2, -0.15) is 0 Å². The van der Waals surface area contributed by atoms with Crippen LogP contribution in [0.15, 0.2) is 186 Å². The van der Waals surface area contributed by atoms with E-state index in [4.69, 9.17) is 4.42 Å². The molecule has 0 aliphatic carbocycles. The van der Waals surface area contributed by atoms with Gasteiger partial charge in [0.05, 0.1) is 0 Å². The van der Waals surface area contributed by atoms with Crippen molar-refractivity contribution in [3.63, 3.8) is 0 Å². The number of hydrogen-bond donors (Lipinski definition) is 0. The monoisotopic (exact) mass is 636 g/mol. The largest absolute Gasteiger partial charge is 0.456 e. The lowest BCUT2D eigenvalue weighted by molar-refractivity contribution is 0.669. The second-order valence-corrected chi connectivity index (χ2v) is 13.2. The molecule has 0 radical (unpaired) electrons. The van der Waals surface area contributed by atoms with E-state index >= 15 is 0 Å². The molecule has 0 amide bonds. The van der Waals surface area contributed by atoms with Crippen LogP contribution in [0.2, 0.25) is 0 Å². The Morgan fingerprint density at radius 3 is 1.76 bits per heavy atom. The van der Waals surface area contributed by atoms with Gasteiger partial charge >= 0.3 is 0 Å². The zero-order valence-corrected chi connectivity index (χ0v) is 27.4. The van der Waals surface area contributed by atoms with Crippen molar-refractivity contribution in [1.29, 1.82) is 0 Å². The predicted molar refractivity (Wildman–Crippen MR) is 212 cm³/mol. The first-order valence-electron chi connectivity index (χ1n) is 17.3. The Morgan fingerprint density at radius 2 is 0.980 bits per heavy atom. The number of furan rings is 1. The van der Waals surface area contributed by atoms with Gasteiger partial charge < -0.3 is 4.42 Å². The van der Waals surface area contributed by atoms with E-state index in [9.17, 15) is 0 Å². The van der Waals surface area contributed by atoms with Crippen molar-refractivity contribution in [2.75, 3.05) is 0 Å². The van der Waals surface area contributed by atoms with Crippen LogP contribution in [0.25, 0.3) is 87.6 Å². The summed E-state index contributed by atoms with van der Waals surface area (Å²) in [6.45, 7) is 0. The molecule has 1 heterocycles. The number of rotatable bonds is 5. The number of para-hydroxylation sites is 1. The van der Waals surface area contributed by atoms with E-state index in [1.807, 2.05) is 0 Å². The van der Waals surface area contributed by atoms with Gasteiger partial charge in [0.1, 0.15) is 11.2 Å². The van der Waals surface area contributed by atoms with E-state index < -0.39 is 0 Å². The molecule has 0 atom stereocenters. The van der Waals surface area contributed by atoms with E-state index in [-0.39, 0.29) is 0 Å². The van der Waals surface area contributed by atoms with Crippen molar-refractivity contribution in [2.24, 2.45) is 0 Å². The first-order valence-corrected chi connectivity index (χ1v) is 17.3. The van der Waals surface area contributed by atoms with Crippen LogP contribution in [0.1, 0.15) is 11.1 Å². The molecular weight excluding hydrogens is 605 g/mol. The molecule has 0 fully saturated rings. The highest BCUT2D eigenvalue weighted by Gasteiger charge is 2.21. The van der Waals surface area contributed by atoms with Crippen LogP contribution in [-0.2, 0) is 6.42 Å². The Labute approximate surface area is 290 Å². The Bertz CT molecular complexity index is 2840. The van der Waals surface area contributed by atoms with E-state index in [2.05, 4.69) is 182 Å². The summed E-state index contributed by atoms with van der Waals surface area (Å²) in [6, 6.07) is 66.0. The number of benzene rings is 9. The van der Waals surface area contributed by atoms with E-state index in [0.717, 1.165) is 33.9 Å². The van der Waals surface area contributed by atoms with E-state index in [0.29, 0.717) is 0 Å². The smallest absolute Gasteiger partial charge is 0.136 e. The fourth-order valence-electron chi connectivity index (χ4n) is 8.05. The quantitative estimate of drug-likeness (QED) is 0.171.